The van der Waals surface area contributed by atoms with E-state index in [1.807, 2.05) is 6.92 Å². The molecule has 1 aliphatic heterocycles. The second kappa shape index (κ2) is 12.6. The highest BCUT2D eigenvalue weighted by Gasteiger charge is 2.27. The van der Waals surface area contributed by atoms with Gasteiger partial charge in [0.25, 0.3) is 10.0 Å². The van der Waals surface area contributed by atoms with Crippen LogP contribution in [-0.4, -0.2) is 58.6 Å². The third kappa shape index (κ3) is 7.45. The fourth-order valence-electron chi connectivity index (χ4n) is 3.93. The number of carbonyl (C=O) groups excluding carboxylic acids is 1. The Morgan fingerprint density at radius 3 is 2.38 bits per heavy atom. The molecule has 0 aromatic heterocycles. The number of hydrogen-bond donors (Lipinski definition) is 1. The maximum atomic E-state index is 13.4. The van der Waals surface area contributed by atoms with Crippen LogP contribution in [0.4, 0.5) is 5.69 Å². The van der Waals surface area contributed by atoms with Crippen LogP contribution in [0.15, 0.2) is 57.9 Å². The van der Waals surface area contributed by atoms with Crippen LogP contribution >= 0.6 is 15.9 Å². The number of nitrogens with zero attached hydrogens (tertiary/aromatic N) is 2. The molecule has 0 atom stereocenters. The van der Waals surface area contributed by atoms with E-state index in [4.69, 9.17) is 4.74 Å². The third-order valence-electron chi connectivity index (χ3n) is 5.97. The summed E-state index contributed by atoms with van der Waals surface area (Å²) in [6.45, 7) is 8.04. The molecule has 1 fully saturated rings. The van der Waals surface area contributed by atoms with Gasteiger partial charge < -0.3 is 15.0 Å². The Bertz CT molecular complexity index is 1020. The molecule has 1 saturated heterocycles. The normalized spacial score (nSPS) is 15.1. The number of ether oxygens (including phenoxy) is 1. The van der Waals surface area contributed by atoms with E-state index in [0.29, 0.717) is 24.6 Å². The Balaban J connectivity index is 1.66. The summed E-state index contributed by atoms with van der Waals surface area (Å²) in [6.07, 6.45) is 3.28. The molecule has 0 spiro atoms. The fourth-order valence-corrected chi connectivity index (χ4v) is 5.61. The summed E-state index contributed by atoms with van der Waals surface area (Å²) >= 11 is 3.33. The maximum absolute atomic E-state index is 13.4. The van der Waals surface area contributed by atoms with Crippen LogP contribution in [0.5, 0.6) is 5.75 Å². The molecule has 3 rings (SSSR count). The summed E-state index contributed by atoms with van der Waals surface area (Å²) in [7, 11) is -3.94. The molecular weight excluding hydrogens is 518 g/mol. The van der Waals surface area contributed by atoms with E-state index in [0.717, 1.165) is 40.8 Å². The number of benzene rings is 2. The van der Waals surface area contributed by atoms with Gasteiger partial charge in [-0.05, 0) is 100 Å². The van der Waals surface area contributed by atoms with Crippen molar-refractivity contribution in [3.8, 4) is 5.75 Å². The van der Waals surface area contributed by atoms with Crippen molar-refractivity contribution in [2.45, 2.75) is 38.0 Å². The molecule has 186 valence electrons. The first-order valence-corrected chi connectivity index (χ1v) is 14.0. The Hall–Kier alpha value is -2.10. The van der Waals surface area contributed by atoms with E-state index in [9.17, 15) is 13.2 Å². The summed E-state index contributed by atoms with van der Waals surface area (Å²) in [6, 6.07) is 13.1. The number of hydrogen-bond acceptors (Lipinski definition) is 5. The first-order valence-electron chi connectivity index (χ1n) is 11.8. The standard InChI is InChI=1S/C25H34BrN3O4S/c1-3-33-23-9-7-22(8-10-23)29(34(31,32)24-11-5-21(26)6-12-24)19-25(30)27-15-4-16-28-17-13-20(2)14-18-28/h5-12,20H,3-4,13-19H2,1-2H3,(H,27,30). The molecule has 0 unspecified atom stereocenters. The van der Waals surface area contributed by atoms with Gasteiger partial charge in [-0.3, -0.25) is 9.10 Å². The van der Waals surface area contributed by atoms with Gasteiger partial charge in [-0.15, -0.1) is 0 Å². The minimum atomic E-state index is -3.94. The lowest BCUT2D eigenvalue weighted by atomic mass is 9.99. The van der Waals surface area contributed by atoms with Crippen LogP contribution in [0.2, 0.25) is 0 Å². The lowest BCUT2D eigenvalue weighted by molar-refractivity contribution is -0.119. The fraction of sp³-hybridized carbons (Fsp3) is 0.480. The molecule has 2 aromatic carbocycles. The van der Waals surface area contributed by atoms with Gasteiger partial charge in [0, 0.05) is 11.0 Å². The van der Waals surface area contributed by atoms with Gasteiger partial charge in [0.15, 0.2) is 0 Å². The number of likely N-dealkylation sites (tertiary alicyclic amines) is 1. The van der Waals surface area contributed by atoms with Gasteiger partial charge in [0.05, 0.1) is 17.2 Å². The topological polar surface area (TPSA) is 79.0 Å². The zero-order chi connectivity index (χ0) is 24.6. The van der Waals surface area contributed by atoms with E-state index in [1.165, 1.54) is 25.0 Å². The van der Waals surface area contributed by atoms with Crippen molar-refractivity contribution in [1.82, 2.24) is 10.2 Å². The summed E-state index contributed by atoms with van der Waals surface area (Å²) in [5, 5.41) is 2.89. The zero-order valence-corrected chi connectivity index (χ0v) is 22.3. The van der Waals surface area contributed by atoms with Crippen molar-refractivity contribution >= 4 is 37.5 Å². The SMILES string of the molecule is CCOc1ccc(N(CC(=O)NCCCN2CCC(C)CC2)S(=O)(=O)c2ccc(Br)cc2)cc1. The van der Waals surface area contributed by atoms with Crippen LogP contribution in [0.25, 0.3) is 0 Å². The smallest absolute Gasteiger partial charge is 0.264 e. The molecule has 7 nitrogen and oxygen atoms in total. The molecule has 1 N–H and O–H groups in total. The van der Waals surface area contributed by atoms with Gasteiger partial charge >= 0.3 is 0 Å². The number of rotatable bonds is 11. The minimum Gasteiger partial charge on any atom is -0.494 e. The van der Waals surface area contributed by atoms with Crippen LogP contribution < -0.4 is 14.4 Å². The van der Waals surface area contributed by atoms with E-state index in [2.05, 4.69) is 33.1 Å². The molecule has 34 heavy (non-hydrogen) atoms. The molecule has 1 aliphatic rings. The Kier molecular flexibility index (Phi) is 9.79. The number of amides is 1. The van der Waals surface area contributed by atoms with Gasteiger partial charge in [0.1, 0.15) is 12.3 Å². The predicted molar refractivity (Wildman–Crippen MR) is 139 cm³/mol. The molecular formula is C25H34BrN3O4S. The second-order valence-electron chi connectivity index (χ2n) is 8.62. The van der Waals surface area contributed by atoms with Gasteiger partial charge in [-0.1, -0.05) is 22.9 Å². The lowest BCUT2D eigenvalue weighted by Crippen LogP contribution is -2.41. The largest absolute Gasteiger partial charge is 0.494 e. The summed E-state index contributed by atoms with van der Waals surface area (Å²) in [4.78, 5) is 15.3. The molecule has 9 heteroatoms. The third-order valence-corrected chi connectivity index (χ3v) is 8.29. The number of anilines is 1. The van der Waals surface area contributed by atoms with Crippen LogP contribution in [0.1, 0.15) is 33.1 Å². The van der Waals surface area contributed by atoms with E-state index >= 15 is 0 Å². The Morgan fingerprint density at radius 1 is 1.12 bits per heavy atom. The van der Waals surface area contributed by atoms with Gasteiger partial charge in [-0.2, -0.15) is 0 Å². The van der Waals surface area contributed by atoms with Crippen LogP contribution in [-0.2, 0) is 14.8 Å². The quantitative estimate of drug-likeness (QED) is 0.421. The number of carbonyl (C=O) groups is 1. The predicted octanol–water partition coefficient (Wildman–Crippen LogP) is 4.28. The highest BCUT2D eigenvalue weighted by Crippen LogP contribution is 2.26. The monoisotopic (exact) mass is 551 g/mol. The highest BCUT2D eigenvalue weighted by atomic mass is 79.9. The second-order valence-corrected chi connectivity index (χ2v) is 11.4. The Labute approximate surface area is 211 Å². The summed E-state index contributed by atoms with van der Waals surface area (Å²) in [5.74, 6) is 1.10. The summed E-state index contributed by atoms with van der Waals surface area (Å²) < 4.78 is 34.3. The number of halogens is 1. The van der Waals surface area contributed by atoms with Gasteiger partial charge in [0.2, 0.25) is 5.91 Å². The molecule has 0 saturated carbocycles. The van der Waals surface area contributed by atoms with Crippen LogP contribution in [0, 0.1) is 5.92 Å². The maximum Gasteiger partial charge on any atom is 0.264 e. The molecule has 2 aromatic rings. The lowest BCUT2D eigenvalue weighted by Gasteiger charge is -2.30. The van der Waals surface area contributed by atoms with Crippen molar-refractivity contribution in [3.63, 3.8) is 0 Å². The Morgan fingerprint density at radius 2 is 1.76 bits per heavy atom. The van der Waals surface area contributed by atoms with Crippen molar-refractivity contribution < 1.29 is 17.9 Å². The van der Waals surface area contributed by atoms with Crippen molar-refractivity contribution in [2.75, 3.05) is 43.6 Å². The van der Waals surface area contributed by atoms with Crippen LogP contribution in [0.3, 0.4) is 0 Å². The molecule has 0 radical (unpaired) electrons. The highest BCUT2D eigenvalue weighted by molar-refractivity contribution is 9.10. The number of nitrogens with one attached hydrogen (secondary N) is 1. The van der Waals surface area contributed by atoms with Crippen molar-refractivity contribution in [2.24, 2.45) is 5.92 Å². The molecule has 0 aliphatic carbocycles. The number of sulfonamides is 1. The molecule has 1 heterocycles. The minimum absolute atomic E-state index is 0.122. The average molecular weight is 553 g/mol. The van der Waals surface area contributed by atoms with E-state index in [1.54, 1.807) is 36.4 Å². The average Bonchev–Trinajstić information content (AvgIpc) is 2.82. The first-order chi connectivity index (χ1) is 16.3. The van der Waals surface area contributed by atoms with E-state index < -0.39 is 10.0 Å². The summed E-state index contributed by atoms with van der Waals surface area (Å²) in [5.41, 5.74) is 0.406. The van der Waals surface area contributed by atoms with Gasteiger partial charge in [-0.25, -0.2) is 8.42 Å². The number of piperidine rings is 1. The van der Waals surface area contributed by atoms with E-state index in [-0.39, 0.29) is 17.3 Å². The molecule has 0 bridgehead atoms. The van der Waals surface area contributed by atoms with Crippen molar-refractivity contribution in [1.29, 1.82) is 0 Å². The zero-order valence-electron chi connectivity index (χ0n) is 19.9. The van der Waals surface area contributed by atoms with Crippen molar-refractivity contribution in [3.05, 3.63) is 53.0 Å². The first kappa shape index (κ1) is 26.5. The molecule has 1 amide bonds.